The molecule has 0 aromatic heterocycles. The summed E-state index contributed by atoms with van der Waals surface area (Å²) >= 11 is 0. The zero-order valence-electron chi connectivity index (χ0n) is 11.8. The molecule has 2 nitrogen and oxygen atoms in total. The lowest BCUT2D eigenvalue weighted by Crippen LogP contribution is -2.37. The van der Waals surface area contributed by atoms with Crippen LogP contribution in [0.4, 0.5) is 0 Å². The van der Waals surface area contributed by atoms with Crippen molar-refractivity contribution in [1.29, 1.82) is 0 Å². The van der Waals surface area contributed by atoms with Gasteiger partial charge < -0.3 is 10.4 Å². The van der Waals surface area contributed by atoms with Gasteiger partial charge in [0, 0.05) is 6.04 Å². The van der Waals surface area contributed by atoms with Crippen LogP contribution in [0.25, 0.3) is 0 Å². The average molecular weight is 229 g/mol. The summed E-state index contributed by atoms with van der Waals surface area (Å²) in [6.07, 6.45) is 4.48. The molecule has 16 heavy (non-hydrogen) atoms. The molecule has 2 N–H and O–H groups in total. The quantitative estimate of drug-likeness (QED) is 0.636. The fourth-order valence-electron chi connectivity index (χ4n) is 2.42. The van der Waals surface area contributed by atoms with Gasteiger partial charge in [-0.2, -0.15) is 0 Å². The molecule has 0 saturated carbocycles. The van der Waals surface area contributed by atoms with Crippen LogP contribution in [0.3, 0.4) is 0 Å². The number of nitrogens with one attached hydrogen (secondary N) is 1. The van der Waals surface area contributed by atoms with Gasteiger partial charge in [-0.05, 0) is 44.6 Å². The largest absolute Gasteiger partial charge is 0.393 e. The number of aliphatic hydroxyl groups is 1. The van der Waals surface area contributed by atoms with Gasteiger partial charge in [-0.3, -0.25) is 0 Å². The van der Waals surface area contributed by atoms with E-state index in [-0.39, 0.29) is 6.10 Å². The van der Waals surface area contributed by atoms with Crippen molar-refractivity contribution in [2.75, 3.05) is 6.54 Å². The number of rotatable bonds is 9. The molecule has 0 fully saturated rings. The second-order valence-corrected chi connectivity index (χ2v) is 5.38. The van der Waals surface area contributed by atoms with E-state index in [1.165, 1.54) is 19.3 Å². The van der Waals surface area contributed by atoms with E-state index in [2.05, 4.69) is 33.0 Å². The summed E-state index contributed by atoms with van der Waals surface area (Å²) in [6.45, 7) is 11.9. The van der Waals surface area contributed by atoms with Gasteiger partial charge in [0.15, 0.2) is 0 Å². The summed E-state index contributed by atoms with van der Waals surface area (Å²) in [6, 6.07) is 0.636. The smallest absolute Gasteiger partial charge is 0.0515 e. The SMILES string of the molecule is CCCC(C)C(CC)NCC(C)CC(C)O. The first-order chi connectivity index (χ1) is 7.51. The molecule has 0 rings (SSSR count). The molecule has 4 atom stereocenters. The van der Waals surface area contributed by atoms with Crippen molar-refractivity contribution in [2.45, 2.75) is 72.4 Å². The lowest BCUT2D eigenvalue weighted by molar-refractivity contribution is 0.161. The molecule has 0 amide bonds. The molecule has 0 heterocycles. The second kappa shape index (κ2) is 9.00. The van der Waals surface area contributed by atoms with Crippen LogP contribution in [0, 0.1) is 11.8 Å². The molecule has 0 saturated heterocycles. The Morgan fingerprint density at radius 2 is 1.75 bits per heavy atom. The normalized spacial score (nSPS) is 19.1. The number of hydrogen-bond donors (Lipinski definition) is 2. The average Bonchev–Trinajstić information content (AvgIpc) is 2.17. The van der Waals surface area contributed by atoms with Gasteiger partial charge in [0.2, 0.25) is 0 Å². The maximum absolute atomic E-state index is 9.31. The number of hydrogen-bond acceptors (Lipinski definition) is 2. The van der Waals surface area contributed by atoms with Crippen molar-refractivity contribution in [1.82, 2.24) is 5.32 Å². The third-order valence-electron chi connectivity index (χ3n) is 3.34. The Labute approximate surface area is 102 Å². The van der Waals surface area contributed by atoms with E-state index >= 15 is 0 Å². The standard InChI is InChI=1S/C14H31NO/c1-6-8-12(4)14(7-2)15-10-11(3)9-13(5)16/h11-16H,6-10H2,1-5H3. The van der Waals surface area contributed by atoms with Crippen LogP contribution < -0.4 is 5.32 Å². The van der Waals surface area contributed by atoms with Gasteiger partial charge in [-0.25, -0.2) is 0 Å². The number of aliphatic hydroxyl groups excluding tert-OH is 1. The third kappa shape index (κ3) is 7.24. The molecule has 0 spiro atoms. The fourth-order valence-corrected chi connectivity index (χ4v) is 2.42. The van der Waals surface area contributed by atoms with Crippen LogP contribution in [0.1, 0.15) is 60.3 Å². The molecule has 0 aliphatic heterocycles. The van der Waals surface area contributed by atoms with E-state index in [9.17, 15) is 5.11 Å². The first kappa shape index (κ1) is 15.9. The first-order valence-electron chi connectivity index (χ1n) is 6.92. The van der Waals surface area contributed by atoms with Gasteiger partial charge in [0.25, 0.3) is 0 Å². The predicted octanol–water partition coefficient (Wildman–Crippen LogP) is 3.20. The predicted molar refractivity (Wildman–Crippen MR) is 71.6 cm³/mol. The molecule has 0 aliphatic rings. The Hall–Kier alpha value is -0.0800. The van der Waals surface area contributed by atoms with Crippen molar-refractivity contribution in [3.8, 4) is 0 Å². The van der Waals surface area contributed by atoms with Crippen molar-refractivity contribution in [2.24, 2.45) is 11.8 Å². The minimum atomic E-state index is -0.176. The molecule has 0 aromatic carbocycles. The van der Waals surface area contributed by atoms with Crippen molar-refractivity contribution in [3.63, 3.8) is 0 Å². The minimum absolute atomic E-state index is 0.176. The molecule has 98 valence electrons. The van der Waals surface area contributed by atoms with E-state index in [1.807, 2.05) is 6.92 Å². The van der Waals surface area contributed by atoms with Crippen LogP contribution in [0.15, 0.2) is 0 Å². The monoisotopic (exact) mass is 229 g/mol. The molecule has 0 aliphatic carbocycles. The van der Waals surface area contributed by atoms with E-state index in [0.29, 0.717) is 12.0 Å². The second-order valence-electron chi connectivity index (χ2n) is 5.38. The van der Waals surface area contributed by atoms with Crippen LogP contribution in [-0.2, 0) is 0 Å². The lowest BCUT2D eigenvalue weighted by Gasteiger charge is -2.26. The molecule has 4 unspecified atom stereocenters. The molecule has 0 aromatic rings. The van der Waals surface area contributed by atoms with Gasteiger partial charge in [-0.1, -0.05) is 34.1 Å². The van der Waals surface area contributed by atoms with Crippen molar-refractivity contribution >= 4 is 0 Å². The molecule has 0 radical (unpaired) electrons. The summed E-state index contributed by atoms with van der Waals surface area (Å²) < 4.78 is 0. The summed E-state index contributed by atoms with van der Waals surface area (Å²) in [5.74, 6) is 1.32. The molecule has 0 bridgehead atoms. The maximum atomic E-state index is 9.31. The lowest BCUT2D eigenvalue weighted by atomic mass is 9.94. The highest BCUT2D eigenvalue weighted by molar-refractivity contribution is 4.73. The van der Waals surface area contributed by atoms with Crippen molar-refractivity contribution in [3.05, 3.63) is 0 Å². The van der Waals surface area contributed by atoms with E-state index in [4.69, 9.17) is 0 Å². The third-order valence-corrected chi connectivity index (χ3v) is 3.34. The van der Waals surface area contributed by atoms with E-state index in [0.717, 1.165) is 18.9 Å². The highest BCUT2D eigenvalue weighted by atomic mass is 16.3. The fraction of sp³-hybridized carbons (Fsp3) is 1.00. The van der Waals surface area contributed by atoms with E-state index < -0.39 is 0 Å². The van der Waals surface area contributed by atoms with Gasteiger partial charge in [0.1, 0.15) is 0 Å². The Bertz CT molecular complexity index is 159. The summed E-state index contributed by atoms with van der Waals surface area (Å²) in [5, 5.41) is 13.0. The topological polar surface area (TPSA) is 32.3 Å². The van der Waals surface area contributed by atoms with Crippen LogP contribution >= 0.6 is 0 Å². The summed E-state index contributed by atoms with van der Waals surface area (Å²) in [7, 11) is 0. The summed E-state index contributed by atoms with van der Waals surface area (Å²) in [4.78, 5) is 0. The van der Waals surface area contributed by atoms with E-state index in [1.54, 1.807) is 0 Å². The Kier molecular flexibility index (Phi) is 8.96. The highest BCUT2D eigenvalue weighted by Crippen LogP contribution is 2.14. The Morgan fingerprint density at radius 3 is 2.19 bits per heavy atom. The highest BCUT2D eigenvalue weighted by Gasteiger charge is 2.15. The Morgan fingerprint density at radius 1 is 1.12 bits per heavy atom. The minimum Gasteiger partial charge on any atom is -0.393 e. The van der Waals surface area contributed by atoms with Gasteiger partial charge in [0.05, 0.1) is 6.10 Å². The molecular weight excluding hydrogens is 198 g/mol. The zero-order chi connectivity index (χ0) is 12.6. The maximum Gasteiger partial charge on any atom is 0.0515 e. The summed E-state index contributed by atoms with van der Waals surface area (Å²) in [5.41, 5.74) is 0. The first-order valence-corrected chi connectivity index (χ1v) is 6.92. The van der Waals surface area contributed by atoms with Crippen molar-refractivity contribution < 1.29 is 5.11 Å². The Balaban J connectivity index is 3.85. The van der Waals surface area contributed by atoms with Crippen LogP contribution in [0.2, 0.25) is 0 Å². The molecular formula is C14H31NO. The molecule has 2 heteroatoms. The zero-order valence-corrected chi connectivity index (χ0v) is 11.8. The van der Waals surface area contributed by atoms with Gasteiger partial charge in [-0.15, -0.1) is 0 Å². The van der Waals surface area contributed by atoms with Crippen LogP contribution in [-0.4, -0.2) is 23.8 Å². The van der Waals surface area contributed by atoms with Gasteiger partial charge >= 0.3 is 0 Å². The van der Waals surface area contributed by atoms with Crippen LogP contribution in [0.5, 0.6) is 0 Å².